The summed E-state index contributed by atoms with van der Waals surface area (Å²) in [7, 11) is 0. The van der Waals surface area contributed by atoms with Gasteiger partial charge in [0.2, 0.25) is 0 Å². The van der Waals surface area contributed by atoms with E-state index in [4.69, 9.17) is 4.74 Å². The maximum absolute atomic E-state index is 14.8. The van der Waals surface area contributed by atoms with Crippen LogP contribution in [0.5, 0.6) is 0 Å². The molecular formula is C12H13FN2O5. The average Bonchev–Trinajstić information content (AvgIpc) is 2.61. The van der Waals surface area contributed by atoms with Crippen molar-refractivity contribution in [3.05, 3.63) is 33.1 Å². The Kier molecular flexibility index (Phi) is 3.67. The molecule has 1 aliphatic heterocycles. The van der Waals surface area contributed by atoms with Gasteiger partial charge in [0.1, 0.15) is 12.6 Å². The fourth-order valence-electron chi connectivity index (χ4n) is 2.38. The summed E-state index contributed by atoms with van der Waals surface area (Å²) in [5.74, 6) is -1.17. The third-order valence-electron chi connectivity index (χ3n) is 3.42. The van der Waals surface area contributed by atoms with Crippen molar-refractivity contribution in [2.24, 2.45) is 5.92 Å². The number of hydrogen-bond acceptors (Lipinski definition) is 5. The SMILES string of the molecule is C[C@]1(F)C(n2ccc(=O)[nH]c2=O)O[C@H](CC=O)[C@H]1C=O. The number of carbonyl (C=O) groups excluding carboxylic acids is 2. The first-order valence-electron chi connectivity index (χ1n) is 5.96. The van der Waals surface area contributed by atoms with E-state index in [2.05, 4.69) is 0 Å². The number of aldehydes is 2. The van der Waals surface area contributed by atoms with Crippen molar-refractivity contribution < 1.29 is 18.7 Å². The van der Waals surface area contributed by atoms with E-state index in [0.717, 1.165) is 23.8 Å². The van der Waals surface area contributed by atoms with Gasteiger partial charge in [0.05, 0.1) is 12.0 Å². The number of rotatable bonds is 4. The quantitative estimate of drug-likeness (QED) is 0.756. The number of carbonyl (C=O) groups is 2. The number of nitrogens with one attached hydrogen (secondary N) is 1. The molecular weight excluding hydrogens is 271 g/mol. The van der Waals surface area contributed by atoms with Crippen molar-refractivity contribution >= 4 is 12.6 Å². The van der Waals surface area contributed by atoms with E-state index < -0.39 is 35.2 Å². The molecule has 0 radical (unpaired) electrons. The lowest BCUT2D eigenvalue weighted by Gasteiger charge is -2.24. The molecule has 108 valence electrons. The van der Waals surface area contributed by atoms with Crippen LogP contribution in [0.25, 0.3) is 0 Å². The van der Waals surface area contributed by atoms with Gasteiger partial charge in [-0.2, -0.15) is 0 Å². The van der Waals surface area contributed by atoms with Crippen LogP contribution in [-0.4, -0.2) is 33.9 Å². The molecule has 0 aromatic carbocycles. The van der Waals surface area contributed by atoms with Crippen molar-refractivity contribution in [3.8, 4) is 0 Å². The molecule has 8 heteroatoms. The highest BCUT2D eigenvalue weighted by molar-refractivity contribution is 5.60. The summed E-state index contributed by atoms with van der Waals surface area (Å²) in [5, 5.41) is 0. The van der Waals surface area contributed by atoms with E-state index in [9.17, 15) is 23.6 Å². The Morgan fingerprint density at radius 2 is 2.20 bits per heavy atom. The molecule has 1 aromatic rings. The van der Waals surface area contributed by atoms with Gasteiger partial charge in [-0.05, 0) is 6.92 Å². The number of nitrogens with zero attached hydrogens (tertiary/aromatic N) is 1. The van der Waals surface area contributed by atoms with Crippen LogP contribution in [0.3, 0.4) is 0 Å². The molecule has 4 atom stereocenters. The summed E-state index contributed by atoms with van der Waals surface area (Å²) in [6.45, 7) is 1.12. The Labute approximate surface area is 112 Å². The second-order valence-corrected chi connectivity index (χ2v) is 4.76. The van der Waals surface area contributed by atoms with Crippen LogP contribution in [0.4, 0.5) is 4.39 Å². The summed E-state index contributed by atoms with van der Waals surface area (Å²) in [6, 6.07) is 1.05. The van der Waals surface area contributed by atoms with Crippen molar-refractivity contribution in [1.29, 1.82) is 0 Å². The number of alkyl halides is 1. The van der Waals surface area contributed by atoms with Gasteiger partial charge in [0, 0.05) is 18.7 Å². The van der Waals surface area contributed by atoms with Crippen LogP contribution in [0.2, 0.25) is 0 Å². The summed E-state index contributed by atoms with van der Waals surface area (Å²) in [4.78, 5) is 46.3. The Morgan fingerprint density at radius 1 is 1.50 bits per heavy atom. The number of ether oxygens (including phenoxy) is 1. The molecule has 1 aliphatic rings. The van der Waals surface area contributed by atoms with Crippen LogP contribution in [-0.2, 0) is 14.3 Å². The third kappa shape index (κ3) is 2.22. The molecule has 7 nitrogen and oxygen atoms in total. The molecule has 2 rings (SSSR count). The van der Waals surface area contributed by atoms with Crippen LogP contribution >= 0.6 is 0 Å². The number of H-pyrrole nitrogens is 1. The summed E-state index contributed by atoms with van der Waals surface area (Å²) >= 11 is 0. The van der Waals surface area contributed by atoms with Crippen LogP contribution in [0.15, 0.2) is 21.9 Å². The first kappa shape index (κ1) is 14.3. The third-order valence-corrected chi connectivity index (χ3v) is 3.42. The van der Waals surface area contributed by atoms with Crippen LogP contribution in [0.1, 0.15) is 19.6 Å². The van der Waals surface area contributed by atoms with E-state index in [1.54, 1.807) is 0 Å². The second kappa shape index (κ2) is 5.12. The number of aromatic amines is 1. The fourth-order valence-corrected chi connectivity index (χ4v) is 2.38. The zero-order valence-corrected chi connectivity index (χ0v) is 10.6. The molecule has 0 spiro atoms. The highest BCUT2D eigenvalue weighted by Crippen LogP contribution is 2.44. The first-order valence-corrected chi connectivity index (χ1v) is 5.96. The lowest BCUT2D eigenvalue weighted by atomic mass is 9.88. The zero-order valence-electron chi connectivity index (χ0n) is 10.6. The van der Waals surface area contributed by atoms with Gasteiger partial charge in [-0.1, -0.05) is 0 Å². The Morgan fingerprint density at radius 3 is 2.75 bits per heavy atom. The first-order chi connectivity index (χ1) is 9.41. The predicted molar refractivity (Wildman–Crippen MR) is 65.0 cm³/mol. The maximum Gasteiger partial charge on any atom is 0.330 e. The topological polar surface area (TPSA) is 98.2 Å². The van der Waals surface area contributed by atoms with E-state index in [-0.39, 0.29) is 6.42 Å². The highest BCUT2D eigenvalue weighted by Gasteiger charge is 2.55. The minimum atomic E-state index is -2.17. The van der Waals surface area contributed by atoms with E-state index in [0.29, 0.717) is 12.6 Å². The lowest BCUT2D eigenvalue weighted by molar-refractivity contribution is -0.116. The minimum absolute atomic E-state index is 0.155. The van der Waals surface area contributed by atoms with Crippen molar-refractivity contribution in [2.75, 3.05) is 0 Å². The van der Waals surface area contributed by atoms with Gasteiger partial charge < -0.3 is 14.3 Å². The smallest absolute Gasteiger partial charge is 0.330 e. The van der Waals surface area contributed by atoms with Gasteiger partial charge in [-0.15, -0.1) is 0 Å². The predicted octanol–water partition coefficient (Wildman–Crippen LogP) is -0.434. The summed E-state index contributed by atoms with van der Waals surface area (Å²) < 4.78 is 21.0. The van der Waals surface area contributed by atoms with E-state index >= 15 is 0 Å². The van der Waals surface area contributed by atoms with Crippen molar-refractivity contribution in [1.82, 2.24) is 9.55 Å². The Hall–Kier alpha value is -2.09. The number of aromatic nitrogens is 2. The minimum Gasteiger partial charge on any atom is -0.350 e. The summed E-state index contributed by atoms with van der Waals surface area (Å²) in [5.41, 5.74) is -3.64. The van der Waals surface area contributed by atoms with Crippen LogP contribution < -0.4 is 11.2 Å². The molecule has 0 amide bonds. The molecule has 20 heavy (non-hydrogen) atoms. The van der Waals surface area contributed by atoms with Crippen molar-refractivity contribution in [3.63, 3.8) is 0 Å². The molecule has 1 unspecified atom stereocenters. The highest BCUT2D eigenvalue weighted by atomic mass is 19.1. The molecule has 1 saturated heterocycles. The molecule has 1 aromatic heterocycles. The standard InChI is InChI=1S/C12H13FN2O5/c1-12(13)7(6-17)8(3-5-16)20-10(12)15-4-2-9(18)14-11(15)19/h2,4-8,10H,3H2,1H3,(H,14,18,19)/t7-,8-,10?,12-/m1/s1. The lowest BCUT2D eigenvalue weighted by Crippen LogP contribution is -2.41. The number of halogens is 1. The monoisotopic (exact) mass is 284 g/mol. The Bertz CT molecular complexity index is 635. The fraction of sp³-hybridized carbons (Fsp3) is 0.500. The largest absolute Gasteiger partial charge is 0.350 e. The van der Waals surface area contributed by atoms with Gasteiger partial charge >= 0.3 is 5.69 Å². The molecule has 1 fully saturated rings. The molecule has 0 aliphatic carbocycles. The Balaban J connectivity index is 2.46. The van der Waals surface area contributed by atoms with Gasteiger partial charge in [-0.3, -0.25) is 14.3 Å². The normalized spacial score (nSPS) is 33.0. The van der Waals surface area contributed by atoms with Gasteiger partial charge in [-0.25, -0.2) is 9.18 Å². The molecule has 1 N–H and O–H groups in total. The number of hydrogen-bond donors (Lipinski definition) is 1. The van der Waals surface area contributed by atoms with E-state index in [1.165, 1.54) is 0 Å². The molecule has 0 bridgehead atoms. The second-order valence-electron chi connectivity index (χ2n) is 4.76. The zero-order chi connectivity index (χ0) is 14.9. The van der Waals surface area contributed by atoms with Gasteiger partial charge in [0.15, 0.2) is 11.9 Å². The van der Waals surface area contributed by atoms with Gasteiger partial charge in [0.25, 0.3) is 5.56 Å². The van der Waals surface area contributed by atoms with Crippen LogP contribution in [0, 0.1) is 5.92 Å². The van der Waals surface area contributed by atoms with Crippen molar-refractivity contribution in [2.45, 2.75) is 31.3 Å². The van der Waals surface area contributed by atoms with E-state index in [1.807, 2.05) is 4.98 Å². The molecule has 0 saturated carbocycles. The average molecular weight is 284 g/mol. The summed E-state index contributed by atoms with van der Waals surface area (Å²) in [6.07, 6.45) is -0.484. The molecule has 2 heterocycles. The maximum atomic E-state index is 14.8.